The van der Waals surface area contributed by atoms with Gasteiger partial charge in [0.05, 0.1) is 4.91 Å². The minimum absolute atomic E-state index is 0.00542. The van der Waals surface area contributed by atoms with Crippen molar-refractivity contribution >= 4 is 68.3 Å². The van der Waals surface area contributed by atoms with Crippen molar-refractivity contribution in [3.8, 4) is 5.75 Å². The summed E-state index contributed by atoms with van der Waals surface area (Å²) >= 11 is 5.68. The van der Waals surface area contributed by atoms with Gasteiger partial charge in [-0.05, 0) is 66.6 Å². The third kappa shape index (κ3) is 6.37. The molecule has 0 radical (unpaired) electrons. The molecular formula is C26H20BrFN2O4S2. The van der Waals surface area contributed by atoms with Gasteiger partial charge in [-0.25, -0.2) is 4.39 Å². The summed E-state index contributed by atoms with van der Waals surface area (Å²) in [6.45, 7) is -0.408. The van der Waals surface area contributed by atoms with Gasteiger partial charge in [0.2, 0.25) is 5.91 Å². The van der Waals surface area contributed by atoms with Gasteiger partial charge in [-0.15, -0.1) is 11.8 Å². The van der Waals surface area contributed by atoms with Crippen molar-refractivity contribution in [3.63, 3.8) is 0 Å². The molecule has 36 heavy (non-hydrogen) atoms. The number of halogens is 2. The fourth-order valence-corrected chi connectivity index (χ4v) is 5.02. The van der Waals surface area contributed by atoms with Crippen LogP contribution < -0.4 is 10.1 Å². The van der Waals surface area contributed by atoms with E-state index in [4.69, 9.17) is 4.74 Å². The van der Waals surface area contributed by atoms with Crippen molar-refractivity contribution < 1.29 is 23.5 Å². The van der Waals surface area contributed by atoms with Crippen molar-refractivity contribution in [1.82, 2.24) is 4.90 Å². The maximum absolute atomic E-state index is 14.0. The van der Waals surface area contributed by atoms with Gasteiger partial charge < -0.3 is 10.1 Å². The van der Waals surface area contributed by atoms with E-state index in [-0.39, 0.29) is 17.3 Å². The zero-order valence-electron chi connectivity index (χ0n) is 19.0. The lowest BCUT2D eigenvalue weighted by molar-refractivity contribution is -0.127. The molecule has 0 aromatic heterocycles. The lowest BCUT2D eigenvalue weighted by Gasteiger charge is -2.13. The Morgan fingerprint density at radius 1 is 1.14 bits per heavy atom. The highest BCUT2D eigenvalue weighted by Crippen LogP contribution is 2.35. The first-order chi connectivity index (χ1) is 17.3. The summed E-state index contributed by atoms with van der Waals surface area (Å²) < 4.78 is 20.5. The molecule has 1 aliphatic rings. The highest BCUT2D eigenvalue weighted by atomic mass is 79.9. The highest BCUT2D eigenvalue weighted by Gasteiger charge is 2.36. The number of nitrogens with one attached hydrogen (secondary N) is 1. The van der Waals surface area contributed by atoms with E-state index in [1.165, 1.54) is 23.9 Å². The number of carbonyl (C=O) groups excluding carboxylic acids is 3. The topological polar surface area (TPSA) is 75.7 Å². The van der Waals surface area contributed by atoms with Crippen molar-refractivity contribution in [2.24, 2.45) is 0 Å². The molecule has 3 amide bonds. The molecule has 4 rings (SSSR count). The minimum atomic E-state index is -0.571. The molecule has 0 unspecified atom stereocenters. The quantitative estimate of drug-likeness (QED) is 0.238. The zero-order chi connectivity index (χ0) is 25.7. The van der Waals surface area contributed by atoms with E-state index >= 15 is 0 Å². The Labute approximate surface area is 224 Å². The van der Waals surface area contributed by atoms with E-state index in [1.54, 1.807) is 42.5 Å². The Hall–Kier alpha value is -3.08. The van der Waals surface area contributed by atoms with Gasteiger partial charge in [0, 0.05) is 26.2 Å². The molecule has 1 saturated heterocycles. The molecule has 1 N–H and O–H groups in total. The number of nitrogens with zero attached hydrogens (tertiary/aromatic N) is 1. The normalized spacial score (nSPS) is 14.4. The first-order valence-corrected chi connectivity index (χ1v) is 13.5. The molecule has 1 aliphatic heterocycles. The van der Waals surface area contributed by atoms with Crippen LogP contribution in [0.3, 0.4) is 0 Å². The number of rotatable bonds is 8. The van der Waals surface area contributed by atoms with Crippen LogP contribution in [0.15, 0.2) is 81.0 Å². The average molecular weight is 587 g/mol. The Morgan fingerprint density at radius 3 is 2.72 bits per heavy atom. The molecule has 0 spiro atoms. The van der Waals surface area contributed by atoms with E-state index < -0.39 is 23.6 Å². The first kappa shape index (κ1) is 26.0. The van der Waals surface area contributed by atoms with Crippen LogP contribution in [0.25, 0.3) is 6.08 Å². The molecule has 10 heteroatoms. The first-order valence-electron chi connectivity index (χ1n) is 10.7. The van der Waals surface area contributed by atoms with Gasteiger partial charge in [-0.1, -0.05) is 40.2 Å². The number of amides is 3. The van der Waals surface area contributed by atoms with E-state index in [9.17, 15) is 18.8 Å². The SMILES string of the molecule is CSc1cccc(NC(=O)CN2C(=O)S/C(=C\c3cc(Br)ccc3OCc3ccccc3F)C2=O)c1. The smallest absolute Gasteiger partial charge is 0.294 e. The van der Waals surface area contributed by atoms with Gasteiger partial charge in [-0.3, -0.25) is 19.3 Å². The average Bonchev–Trinajstić information content (AvgIpc) is 3.11. The number of carbonyl (C=O) groups is 3. The largest absolute Gasteiger partial charge is 0.488 e. The Bertz CT molecular complexity index is 1370. The number of hydrogen-bond acceptors (Lipinski definition) is 6. The molecule has 0 atom stereocenters. The van der Waals surface area contributed by atoms with Crippen LogP contribution in [0.2, 0.25) is 0 Å². The fraction of sp³-hybridized carbons (Fsp3) is 0.115. The fourth-order valence-electron chi connectivity index (χ4n) is 3.36. The molecule has 1 fully saturated rings. The van der Waals surface area contributed by atoms with Crippen molar-refractivity contribution in [3.05, 3.63) is 93.1 Å². The second kappa shape index (κ2) is 11.8. The van der Waals surface area contributed by atoms with Crippen LogP contribution in [0.1, 0.15) is 11.1 Å². The summed E-state index contributed by atoms with van der Waals surface area (Å²) in [5.41, 5.74) is 1.51. The number of ether oxygens (including phenoxy) is 1. The second-order valence-electron chi connectivity index (χ2n) is 7.61. The molecule has 184 valence electrons. The van der Waals surface area contributed by atoms with Gasteiger partial charge in [0.15, 0.2) is 0 Å². The third-order valence-electron chi connectivity index (χ3n) is 5.13. The van der Waals surface area contributed by atoms with Gasteiger partial charge in [-0.2, -0.15) is 0 Å². The van der Waals surface area contributed by atoms with Crippen molar-refractivity contribution in [2.75, 3.05) is 18.1 Å². The Kier molecular flexibility index (Phi) is 8.50. The second-order valence-corrected chi connectivity index (χ2v) is 10.4. The van der Waals surface area contributed by atoms with Gasteiger partial charge in [0.1, 0.15) is 24.7 Å². The molecular weight excluding hydrogens is 567 g/mol. The highest BCUT2D eigenvalue weighted by molar-refractivity contribution is 9.10. The Morgan fingerprint density at radius 2 is 1.94 bits per heavy atom. The predicted molar refractivity (Wildman–Crippen MR) is 144 cm³/mol. The number of benzene rings is 3. The number of imide groups is 1. The summed E-state index contributed by atoms with van der Waals surface area (Å²) in [6, 6.07) is 18.8. The van der Waals surface area contributed by atoms with E-state index in [0.717, 1.165) is 26.0 Å². The van der Waals surface area contributed by atoms with Crippen LogP contribution in [0, 0.1) is 5.82 Å². The minimum Gasteiger partial charge on any atom is -0.488 e. The summed E-state index contributed by atoms with van der Waals surface area (Å²) in [7, 11) is 0. The van der Waals surface area contributed by atoms with Crippen LogP contribution in [0.4, 0.5) is 14.9 Å². The maximum atomic E-state index is 14.0. The molecule has 3 aromatic rings. The molecule has 1 heterocycles. The summed E-state index contributed by atoms with van der Waals surface area (Å²) in [5, 5.41) is 2.18. The van der Waals surface area contributed by atoms with Gasteiger partial charge in [0.25, 0.3) is 11.1 Å². The lowest BCUT2D eigenvalue weighted by atomic mass is 10.1. The molecule has 0 aliphatic carbocycles. The third-order valence-corrected chi connectivity index (χ3v) is 7.25. The van der Waals surface area contributed by atoms with Crippen LogP contribution in [-0.2, 0) is 16.2 Å². The van der Waals surface area contributed by atoms with Crippen LogP contribution >= 0.6 is 39.5 Å². The number of anilines is 1. The van der Waals surface area contributed by atoms with E-state index in [1.807, 2.05) is 24.5 Å². The van der Waals surface area contributed by atoms with Crippen LogP contribution in [0.5, 0.6) is 5.75 Å². The standard InChI is InChI=1S/C26H20BrFN2O4S2/c1-35-20-7-4-6-19(13-20)29-24(31)14-30-25(32)23(36-26(30)33)12-17-11-18(27)9-10-22(17)34-15-16-5-2-3-8-21(16)28/h2-13H,14-15H2,1H3,(H,29,31)/b23-12-. The maximum Gasteiger partial charge on any atom is 0.294 e. The number of hydrogen-bond donors (Lipinski definition) is 1. The van der Waals surface area contributed by atoms with Crippen molar-refractivity contribution in [2.45, 2.75) is 11.5 Å². The molecule has 3 aromatic carbocycles. The molecule has 6 nitrogen and oxygen atoms in total. The lowest BCUT2D eigenvalue weighted by Crippen LogP contribution is -2.36. The van der Waals surface area contributed by atoms with Gasteiger partial charge >= 0.3 is 0 Å². The zero-order valence-corrected chi connectivity index (χ0v) is 22.2. The Balaban J connectivity index is 1.48. The molecule has 0 saturated carbocycles. The van der Waals surface area contributed by atoms with Crippen LogP contribution in [-0.4, -0.2) is 34.8 Å². The van der Waals surface area contributed by atoms with E-state index in [0.29, 0.717) is 22.6 Å². The van der Waals surface area contributed by atoms with Crippen molar-refractivity contribution in [1.29, 1.82) is 0 Å². The number of thioether (sulfide) groups is 2. The summed E-state index contributed by atoms with van der Waals surface area (Å²) in [6.07, 6.45) is 3.46. The summed E-state index contributed by atoms with van der Waals surface area (Å²) in [5.74, 6) is -1.01. The van der Waals surface area contributed by atoms with E-state index in [2.05, 4.69) is 21.2 Å². The molecule has 0 bridgehead atoms. The summed E-state index contributed by atoms with van der Waals surface area (Å²) in [4.78, 5) is 40.1. The monoisotopic (exact) mass is 586 g/mol. The predicted octanol–water partition coefficient (Wildman–Crippen LogP) is 6.56.